The van der Waals surface area contributed by atoms with Gasteiger partial charge in [-0.2, -0.15) is 0 Å². The van der Waals surface area contributed by atoms with Gasteiger partial charge in [0.05, 0.1) is 5.69 Å². The van der Waals surface area contributed by atoms with Crippen molar-refractivity contribution in [2.75, 3.05) is 10.6 Å². The Balaban J connectivity index is 1.85. The zero-order valence-corrected chi connectivity index (χ0v) is 13.3. The number of rotatable bonds is 4. The Morgan fingerprint density at radius 3 is 1.72 bits per heavy atom. The number of benzene rings is 3. The van der Waals surface area contributed by atoms with Gasteiger partial charge in [0.1, 0.15) is 11.4 Å². The molecule has 0 aliphatic carbocycles. The molecule has 0 saturated heterocycles. The molecule has 5 heteroatoms. The number of nitrogens with one attached hydrogen (secondary N) is 2. The maximum absolute atomic E-state index is 12.3. The number of aromatic hydroxyl groups is 1. The summed E-state index contributed by atoms with van der Waals surface area (Å²) in [5.41, 5.74) is 1.40. The summed E-state index contributed by atoms with van der Waals surface area (Å²) in [5, 5.41) is 15.5. The Morgan fingerprint density at radius 2 is 1.16 bits per heavy atom. The highest BCUT2D eigenvalue weighted by Gasteiger charge is 2.15. The van der Waals surface area contributed by atoms with E-state index in [2.05, 4.69) is 10.6 Å². The molecule has 0 aliphatic heterocycles. The second-order valence-corrected chi connectivity index (χ2v) is 5.34. The highest BCUT2D eigenvalue weighted by molar-refractivity contribution is 6.10. The standard InChI is InChI=1S/C20H16N2O3/c23-17-13-7-12-16(21-19(24)14-8-3-1-4-9-14)18(17)22-20(25)15-10-5-2-6-11-15/h1-13,23H,(H,21,24)(H,22,25). The lowest BCUT2D eigenvalue weighted by molar-refractivity contribution is 0.101. The topological polar surface area (TPSA) is 78.4 Å². The van der Waals surface area contributed by atoms with E-state index >= 15 is 0 Å². The fraction of sp³-hybridized carbons (Fsp3) is 0. The normalized spacial score (nSPS) is 10.1. The first-order valence-corrected chi connectivity index (χ1v) is 7.70. The molecule has 3 rings (SSSR count). The van der Waals surface area contributed by atoms with Crippen LogP contribution in [-0.4, -0.2) is 16.9 Å². The molecule has 0 aliphatic rings. The molecule has 0 atom stereocenters. The van der Waals surface area contributed by atoms with Crippen molar-refractivity contribution in [2.45, 2.75) is 0 Å². The van der Waals surface area contributed by atoms with E-state index in [1.807, 2.05) is 12.1 Å². The number of hydrogen-bond acceptors (Lipinski definition) is 3. The van der Waals surface area contributed by atoms with E-state index in [-0.39, 0.29) is 23.3 Å². The SMILES string of the molecule is O=C(Nc1cccc(O)c1NC(=O)c1ccccc1)c1ccccc1. The predicted octanol–water partition coefficient (Wildman–Crippen LogP) is 3.90. The molecule has 2 amide bonds. The van der Waals surface area contributed by atoms with Crippen LogP contribution in [0.15, 0.2) is 78.9 Å². The maximum Gasteiger partial charge on any atom is 0.255 e. The Labute approximate surface area is 144 Å². The highest BCUT2D eigenvalue weighted by atomic mass is 16.3. The van der Waals surface area contributed by atoms with E-state index in [0.29, 0.717) is 16.8 Å². The zero-order chi connectivity index (χ0) is 17.6. The minimum absolute atomic E-state index is 0.129. The van der Waals surface area contributed by atoms with Crippen LogP contribution in [0.3, 0.4) is 0 Å². The minimum atomic E-state index is -0.377. The molecule has 0 radical (unpaired) electrons. The van der Waals surface area contributed by atoms with Crippen molar-refractivity contribution in [2.24, 2.45) is 0 Å². The van der Waals surface area contributed by atoms with Gasteiger partial charge >= 0.3 is 0 Å². The Bertz CT molecular complexity index is 893. The summed E-state index contributed by atoms with van der Waals surface area (Å²) in [6, 6.07) is 22.0. The van der Waals surface area contributed by atoms with Gasteiger partial charge in [-0.3, -0.25) is 9.59 Å². The van der Waals surface area contributed by atoms with Crippen LogP contribution in [0, 0.1) is 0 Å². The average Bonchev–Trinajstić information content (AvgIpc) is 2.66. The van der Waals surface area contributed by atoms with Crippen molar-refractivity contribution in [3.05, 3.63) is 90.0 Å². The van der Waals surface area contributed by atoms with Crippen molar-refractivity contribution in [1.82, 2.24) is 0 Å². The summed E-state index contributed by atoms with van der Waals surface area (Å²) in [6.45, 7) is 0. The lowest BCUT2D eigenvalue weighted by Crippen LogP contribution is -2.16. The predicted molar refractivity (Wildman–Crippen MR) is 96.9 cm³/mol. The number of amides is 2. The molecule has 0 aromatic heterocycles. The van der Waals surface area contributed by atoms with E-state index in [1.54, 1.807) is 60.7 Å². The van der Waals surface area contributed by atoms with Crippen LogP contribution in [0.5, 0.6) is 5.75 Å². The summed E-state index contributed by atoms with van der Waals surface area (Å²) < 4.78 is 0. The number of hydrogen-bond donors (Lipinski definition) is 3. The molecule has 3 aromatic rings. The molecule has 0 unspecified atom stereocenters. The molecule has 5 nitrogen and oxygen atoms in total. The maximum atomic E-state index is 12.3. The lowest BCUT2D eigenvalue weighted by Gasteiger charge is -2.14. The van der Waals surface area contributed by atoms with Crippen molar-refractivity contribution >= 4 is 23.2 Å². The number of carbonyl (C=O) groups excluding carboxylic acids is 2. The van der Waals surface area contributed by atoms with E-state index in [0.717, 1.165) is 0 Å². The van der Waals surface area contributed by atoms with Crippen molar-refractivity contribution in [3.8, 4) is 5.75 Å². The Kier molecular flexibility index (Phi) is 4.76. The summed E-state index contributed by atoms with van der Waals surface area (Å²) in [7, 11) is 0. The van der Waals surface area contributed by atoms with Crippen molar-refractivity contribution < 1.29 is 14.7 Å². The van der Waals surface area contributed by atoms with Crippen molar-refractivity contribution in [3.63, 3.8) is 0 Å². The molecule has 0 bridgehead atoms. The smallest absolute Gasteiger partial charge is 0.255 e. The number of phenolic OH excluding ortho intramolecular Hbond substituents is 1. The van der Waals surface area contributed by atoms with Gasteiger partial charge in [-0.1, -0.05) is 42.5 Å². The van der Waals surface area contributed by atoms with Gasteiger partial charge in [-0.05, 0) is 36.4 Å². The summed E-state index contributed by atoms with van der Waals surface area (Å²) in [4.78, 5) is 24.7. The van der Waals surface area contributed by atoms with Crippen LogP contribution < -0.4 is 10.6 Å². The monoisotopic (exact) mass is 332 g/mol. The summed E-state index contributed by atoms with van der Waals surface area (Å²) in [6.07, 6.45) is 0. The van der Waals surface area contributed by atoms with Crippen molar-refractivity contribution in [1.29, 1.82) is 0 Å². The van der Waals surface area contributed by atoms with Gasteiger partial charge in [0, 0.05) is 11.1 Å². The van der Waals surface area contributed by atoms with Gasteiger partial charge in [-0.25, -0.2) is 0 Å². The largest absolute Gasteiger partial charge is 0.506 e. The van der Waals surface area contributed by atoms with Crippen LogP contribution in [0.1, 0.15) is 20.7 Å². The van der Waals surface area contributed by atoms with Gasteiger partial charge in [0.15, 0.2) is 0 Å². The van der Waals surface area contributed by atoms with Crippen LogP contribution in [0.2, 0.25) is 0 Å². The molecule has 3 N–H and O–H groups in total. The number of para-hydroxylation sites is 1. The number of carbonyl (C=O) groups is 2. The average molecular weight is 332 g/mol. The molecular weight excluding hydrogens is 316 g/mol. The van der Waals surface area contributed by atoms with Gasteiger partial charge < -0.3 is 15.7 Å². The van der Waals surface area contributed by atoms with Crippen LogP contribution in [0.25, 0.3) is 0 Å². The second kappa shape index (κ2) is 7.31. The minimum Gasteiger partial charge on any atom is -0.506 e. The molecule has 0 spiro atoms. The van der Waals surface area contributed by atoms with Crippen LogP contribution in [0.4, 0.5) is 11.4 Å². The molecule has 3 aromatic carbocycles. The van der Waals surface area contributed by atoms with E-state index in [1.165, 1.54) is 6.07 Å². The van der Waals surface area contributed by atoms with E-state index in [4.69, 9.17) is 0 Å². The molecular formula is C20H16N2O3. The molecule has 0 saturated carbocycles. The van der Waals surface area contributed by atoms with Gasteiger partial charge in [0.2, 0.25) is 0 Å². The fourth-order valence-electron chi connectivity index (χ4n) is 2.33. The summed E-state index contributed by atoms with van der Waals surface area (Å²) >= 11 is 0. The van der Waals surface area contributed by atoms with Crippen LogP contribution >= 0.6 is 0 Å². The van der Waals surface area contributed by atoms with E-state index in [9.17, 15) is 14.7 Å². The first-order valence-electron chi connectivity index (χ1n) is 7.70. The van der Waals surface area contributed by atoms with E-state index < -0.39 is 0 Å². The quantitative estimate of drug-likeness (QED) is 0.634. The molecule has 124 valence electrons. The third kappa shape index (κ3) is 3.84. The Morgan fingerprint density at radius 1 is 0.640 bits per heavy atom. The number of phenols is 1. The second-order valence-electron chi connectivity index (χ2n) is 5.34. The fourth-order valence-corrected chi connectivity index (χ4v) is 2.33. The molecule has 0 heterocycles. The third-order valence-electron chi connectivity index (χ3n) is 3.60. The first-order chi connectivity index (χ1) is 12.1. The van der Waals surface area contributed by atoms with Crippen LogP contribution in [-0.2, 0) is 0 Å². The summed E-state index contributed by atoms with van der Waals surface area (Å²) in [5.74, 6) is -0.839. The highest BCUT2D eigenvalue weighted by Crippen LogP contribution is 2.32. The molecule has 0 fully saturated rings. The lowest BCUT2D eigenvalue weighted by atomic mass is 10.1. The first kappa shape index (κ1) is 16.3. The van der Waals surface area contributed by atoms with Gasteiger partial charge in [0.25, 0.3) is 11.8 Å². The number of anilines is 2. The van der Waals surface area contributed by atoms with Gasteiger partial charge in [-0.15, -0.1) is 0 Å². The molecule has 25 heavy (non-hydrogen) atoms. The Hall–Kier alpha value is -3.60. The third-order valence-corrected chi connectivity index (χ3v) is 3.60. The zero-order valence-electron chi connectivity index (χ0n) is 13.3.